The van der Waals surface area contributed by atoms with Gasteiger partial charge in [0.15, 0.2) is 0 Å². The van der Waals surface area contributed by atoms with Crippen molar-refractivity contribution in [3.8, 4) is 0 Å². The van der Waals surface area contributed by atoms with Gasteiger partial charge in [0, 0.05) is 5.41 Å². The number of hydrogen-bond acceptors (Lipinski definition) is 2. The first-order valence-electron chi connectivity index (χ1n) is 6.23. The summed E-state index contributed by atoms with van der Waals surface area (Å²) in [5.41, 5.74) is 5.36. The largest absolute Gasteiger partial charge is 0.271 e. The molecule has 18 heavy (non-hydrogen) atoms. The molecular weight excluding hydrogens is 220 g/mol. The van der Waals surface area contributed by atoms with E-state index >= 15 is 0 Å². The van der Waals surface area contributed by atoms with Gasteiger partial charge < -0.3 is 0 Å². The van der Waals surface area contributed by atoms with Gasteiger partial charge in [-0.05, 0) is 11.1 Å². The van der Waals surface area contributed by atoms with Crippen molar-refractivity contribution in [1.82, 2.24) is 5.43 Å². The van der Waals surface area contributed by atoms with E-state index in [1.54, 1.807) is 0 Å². The van der Waals surface area contributed by atoms with Gasteiger partial charge in [-0.1, -0.05) is 74.5 Å². The van der Waals surface area contributed by atoms with E-state index in [9.17, 15) is 0 Å². The van der Waals surface area contributed by atoms with Crippen LogP contribution in [0, 0.1) is 0 Å². The maximum Gasteiger partial charge on any atom is 0.0551 e. The number of hydrazine groups is 1. The average Bonchev–Trinajstić information content (AvgIpc) is 2.41. The molecule has 0 amide bonds. The van der Waals surface area contributed by atoms with Gasteiger partial charge in [0.05, 0.1) is 6.04 Å². The monoisotopic (exact) mass is 240 g/mol. The molecule has 0 saturated heterocycles. The number of hydrogen-bond donors (Lipinski definition) is 2. The number of benzene rings is 2. The normalized spacial score (nSPS) is 13.3. The minimum Gasteiger partial charge on any atom is -0.271 e. The summed E-state index contributed by atoms with van der Waals surface area (Å²) in [5, 5.41) is 0. The lowest BCUT2D eigenvalue weighted by Gasteiger charge is -2.34. The van der Waals surface area contributed by atoms with Gasteiger partial charge in [-0.3, -0.25) is 11.3 Å². The lowest BCUT2D eigenvalue weighted by molar-refractivity contribution is 0.353. The Balaban J connectivity index is 2.38. The summed E-state index contributed by atoms with van der Waals surface area (Å²) in [5.74, 6) is 5.78. The van der Waals surface area contributed by atoms with E-state index in [4.69, 9.17) is 5.84 Å². The van der Waals surface area contributed by atoms with Crippen molar-refractivity contribution in [3.05, 3.63) is 71.8 Å². The van der Waals surface area contributed by atoms with Gasteiger partial charge in [0.2, 0.25) is 0 Å². The summed E-state index contributed by atoms with van der Waals surface area (Å²) in [6.45, 7) is 4.42. The predicted octanol–water partition coefficient (Wildman–Crippen LogP) is 3.17. The highest BCUT2D eigenvalue weighted by Crippen LogP contribution is 2.36. The molecule has 0 fully saturated rings. The molecule has 0 aromatic heterocycles. The van der Waals surface area contributed by atoms with Gasteiger partial charge in [-0.2, -0.15) is 0 Å². The van der Waals surface area contributed by atoms with E-state index in [1.807, 2.05) is 24.3 Å². The van der Waals surface area contributed by atoms with Crippen LogP contribution < -0.4 is 11.3 Å². The minimum absolute atomic E-state index is 0.0721. The Morgan fingerprint density at radius 1 is 0.889 bits per heavy atom. The first-order valence-corrected chi connectivity index (χ1v) is 6.23. The summed E-state index contributed by atoms with van der Waals surface area (Å²) < 4.78 is 0. The maximum absolute atomic E-state index is 5.78. The van der Waals surface area contributed by atoms with E-state index in [0.717, 1.165) is 0 Å². The molecule has 0 radical (unpaired) electrons. The van der Waals surface area contributed by atoms with Crippen LogP contribution in [0.25, 0.3) is 0 Å². The zero-order chi connectivity index (χ0) is 13.0. The lowest BCUT2D eigenvalue weighted by atomic mass is 9.75. The minimum atomic E-state index is -0.0721. The first-order chi connectivity index (χ1) is 8.66. The SMILES string of the molecule is CC(C)(c1ccccc1)C(NN)c1ccccc1. The molecule has 0 aliphatic carbocycles. The summed E-state index contributed by atoms with van der Waals surface area (Å²) in [6, 6.07) is 20.9. The molecule has 0 aliphatic heterocycles. The van der Waals surface area contributed by atoms with Crippen molar-refractivity contribution >= 4 is 0 Å². The zero-order valence-electron chi connectivity index (χ0n) is 10.9. The molecule has 0 spiro atoms. The van der Waals surface area contributed by atoms with Crippen LogP contribution in [-0.4, -0.2) is 0 Å². The van der Waals surface area contributed by atoms with Crippen LogP contribution in [0.4, 0.5) is 0 Å². The molecule has 1 atom stereocenters. The standard InChI is InChI=1S/C16H20N2/c1-16(2,14-11-7-4-8-12-14)15(18-17)13-9-5-3-6-10-13/h3-12,15,18H,17H2,1-2H3. The van der Waals surface area contributed by atoms with Crippen LogP contribution in [0.5, 0.6) is 0 Å². The summed E-state index contributed by atoms with van der Waals surface area (Å²) >= 11 is 0. The summed E-state index contributed by atoms with van der Waals surface area (Å²) in [4.78, 5) is 0. The van der Waals surface area contributed by atoms with Gasteiger partial charge >= 0.3 is 0 Å². The highest BCUT2D eigenvalue weighted by Gasteiger charge is 2.31. The van der Waals surface area contributed by atoms with E-state index in [2.05, 4.69) is 55.7 Å². The van der Waals surface area contributed by atoms with E-state index in [-0.39, 0.29) is 11.5 Å². The van der Waals surface area contributed by atoms with Crippen molar-refractivity contribution in [1.29, 1.82) is 0 Å². The van der Waals surface area contributed by atoms with E-state index < -0.39 is 0 Å². The third-order valence-corrected chi connectivity index (χ3v) is 3.54. The predicted molar refractivity (Wildman–Crippen MR) is 76.0 cm³/mol. The van der Waals surface area contributed by atoms with Crippen molar-refractivity contribution in [2.24, 2.45) is 5.84 Å². The Kier molecular flexibility index (Phi) is 3.80. The van der Waals surface area contributed by atoms with Crippen LogP contribution in [0.15, 0.2) is 60.7 Å². The fourth-order valence-corrected chi connectivity index (χ4v) is 2.40. The molecule has 1 unspecified atom stereocenters. The van der Waals surface area contributed by atoms with Crippen molar-refractivity contribution in [2.75, 3.05) is 0 Å². The lowest BCUT2D eigenvalue weighted by Crippen LogP contribution is -2.41. The second kappa shape index (κ2) is 5.34. The number of rotatable bonds is 4. The van der Waals surface area contributed by atoms with Crippen LogP contribution in [0.3, 0.4) is 0 Å². The van der Waals surface area contributed by atoms with Gasteiger partial charge in [-0.25, -0.2) is 0 Å². The van der Waals surface area contributed by atoms with Crippen molar-refractivity contribution in [2.45, 2.75) is 25.3 Å². The van der Waals surface area contributed by atoms with Crippen LogP contribution in [0.2, 0.25) is 0 Å². The fourth-order valence-electron chi connectivity index (χ4n) is 2.40. The first kappa shape index (κ1) is 12.8. The Hall–Kier alpha value is -1.64. The third kappa shape index (κ3) is 2.45. The van der Waals surface area contributed by atoms with Crippen molar-refractivity contribution < 1.29 is 0 Å². The smallest absolute Gasteiger partial charge is 0.0551 e. The molecule has 2 aromatic carbocycles. The third-order valence-electron chi connectivity index (χ3n) is 3.54. The molecule has 2 heteroatoms. The van der Waals surface area contributed by atoms with Crippen LogP contribution in [-0.2, 0) is 5.41 Å². The molecule has 0 saturated carbocycles. The molecule has 2 rings (SSSR count). The topological polar surface area (TPSA) is 38.0 Å². The van der Waals surface area contributed by atoms with Gasteiger partial charge in [0.1, 0.15) is 0 Å². The fraction of sp³-hybridized carbons (Fsp3) is 0.250. The molecule has 94 valence electrons. The summed E-state index contributed by atoms with van der Waals surface area (Å²) in [7, 11) is 0. The molecule has 3 N–H and O–H groups in total. The molecule has 0 bridgehead atoms. The average molecular weight is 240 g/mol. The van der Waals surface area contributed by atoms with Gasteiger partial charge in [0.25, 0.3) is 0 Å². The number of nitrogens with two attached hydrogens (primary N) is 1. The Morgan fingerprint density at radius 3 is 1.89 bits per heavy atom. The molecule has 0 aliphatic rings. The zero-order valence-corrected chi connectivity index (χ0v) is 10.9. The Morgan fingerprint density at radius 2 is 1.39 bits per heavy atom. The number of nitrogens with one attached hydrogen (secondary N) is 1. The molecule has 2 nitrogen and oxygen atoms in total. The van der Waals surface area contributed by atoms with E-state index in [1.165, 1.54) is 11.1 Å². The molecule has 2 aromatic rings. The highest BCUT2D eigenvalue weighted by molar-refractivity contribution is 5.31. The van der Waals surface area contributed by atoms with E-state index in [0.29, 0.717) is 0 Å². The quantitative estimate of drug-likeness (QED) is 0.636. The second-order valence-electron chi connectivity index (χ2n) is 5.10. The maximum atomic E-state index is 5.78. The van der Waals surface area contributed by atoms with Gasteiger partial charge in [-0.15, -0.1) is 0 Å². The Labute approximate surface area is 109 Å². The second-order valence-corrected chi connectivity index (χ2v) is 5.10. The van der Waals surface area contributed by atoms with Crippen LogP contribution in [0.1, 0.15) is 31.0 Å². The molecule has 0 heterocycles. The van der Waals surface area contributed by atoms with Crippen LogP contribution >= 0.6 is 0 Å². The highest BCUT2D eigenvalue weighted by atomic mass is 15.2. The summed E-state index contributed by atoms with van der Waals surface area (Å²) in [6.07, 6.45) is 0. The Bertz CT molecular complexity index is 477. The van der Waals surface area contributed by atoms with Crippen molar-refractivity contribution in [3.63, 3.8) is 0 Å². The molecular formula is C16H20N2.